The van der Waals surface area contributed by atoms with Gasteiger partial charge in [-0.05, 0) is 50.3 Å². The van der Waals surface area contributed by atoms with Crippen LogP contribution in [0.25, 0.3) is 6.08 Å². The van der Waals surface area contributed by atoms with Crippen molar-refractivity contribution in [2.24, 2.45) is 0 Å². The number of carbonyl (C=O) groups excluding carboxylic acids is 2. The highest BCUT2D eigenvalue weighted by Crippen LogP contribution is 2.29. The van der Waals surface area contributed by atoms with Gasteiger partial charge in [-0.25, -0.2) is 9.69 Å². The van der Waals surface area contributed by atoms with Crippen molar-refractivity contribution in [1.82, 2.24) is 5.32 Å². The molecule has 1 aliphatic heterocycles. The monoisotopic (exact) mass is 386 g/mol. The fourth-order valence-corrected chi connectivity index (χ4v) is 2.90. The lowest BCUT2D eigenvalue weighted by Gasteiger charge is -2.12. The number of nitrogens with zero attached hydrogens (tertiary/aromatic N) is 1. The summed E-state index contributed by atoms with van der Waals surface area (Å²) in [7, 11) is 0. The number of anilines is 1. The van der Waals surface area contributed by atoms with Crippen molar-refractivity contribution in [3.8, 4) is 11.5 Å². The average Bonchev–Trinajstić information content (AvgIpc) is 2.91. The molecule has 0 aromatic heterocycles. The maximum atomic E-state index is 12.7. The third-order valence-corrected chi connectivity index (χ3v) is 4.08. The molecule has 3 rings (SSSR count). The van der Waals surface area contributed by atoms with Gasteiger partial charge in [0, 0.05) is 16.7 Å². The number of amides is 3. The van der Waals surface area contributed by atoms with E-state index in [0.717, 1.165) is 4.90 Å². The van der Waals surface area contributed by atoms with Crippen LogP contribution in [-0.4, -0.2) is 25.2 Å². The molecule has 1 N–H and O–H groups in total. The topological polar surface area (TPSA) is 67.9 Å². The Hall–Kier alpha value is -2.99. The van der Waals surface area contributed by atoms with Crippen LogP contribution in [0.4, 0.5) is 10.5 Å². The van der Waals surface area contributed by atoms with E-state index in [-0.39, 0.29) is 5.70 Å². The molecule has 0 spiro atoms. The van der Waals surface area contributed by atoms with Gasteiger partial charge in [0.2, 0.25) is 0 Å². The molecule has 7 heteroatoms. The smallest absolute Gasteiger partial charge is 0.333 e. The molecule has 3 amide bonds. The van der Waals surface area contributed by atoms with E-state index < -0.39 is 11.9 Å². The summed E-state index contributed by atoms with van der Waals surface area (Å²) in [4.78, 5) is 26.1. The van der Waals surface area contributed by atoms with Crippen LogP contribution in [0.2, 0.25) is 5.02 Å². The van der Waals surface area contributed by atoms with Crippen molar-refractivity contribution in [2.75, 3.05) is 18.1 Å². The van der Waals surface area contributed by atoms with Crippen molar-refractivity contribution in [3.05, 3.63) is 58.7 Å². The van der Waals surface area contributed by atoms with E-state index in [4.69, 9.17) is 21.1 Å². The quantitative estimate of drug-likeness (QED) is 0.595. The zero-order chi connectivity index (χ0) is 19.4. The van der Waals surface area contributed by atoms with Crippen molar-refractivity contribution < 1.29 is 19.1 Å². The Labute approximate surface area is 162 Å². The first-order valence-electron chi connectivity index (χ1n) is 8.55. The van der Waals surface area contributed by atoms with Crippen LogP contribution in [0.1, 0.15) is 19.4 Å². The van der Waals surface area contributed by atoms with Crippen LogP contribution in [0.15, 0.2) is 48.2 Å². The first kappa shape index (κ1) is 18.8. The first-order valence-corrected chi connectivity index (χ1v) is 8.93. The molecule has 27 heavy (non-hydrogen) atoms. The van der Waals surface area contributed by atoms with E-state index in [9.17, 15) is 9.59 Å². The van der Waals surface area contributed by atoms with E-state index in [1.54, 1.807) is 48.5 Å². The number of imide groups is 1. The predicted octanol–water partition coefficient (Wildman–Crippen LogP) is 4.23. The summed E-state index contributed by atoms with van der Waals surface area (Å²) in [5.74, 6) is 0.781. The van der Waals surface area contributed by atoms with Crippen LogP contribution in [-0.2, 0) is 4.79 Å². The first-order chi connectivity index (χ1) is 13.0. The molecule has 1 aliphatic rings. The molecule has 0 atom stereocenters. The maximum Gasteiger partial charge on any atom is 0.333 e. The Morgan fingerprint density at radius 2 is 1.85 bits per heavy atom. The van der Waals surface area contributed by atoms with Gasteiger partial charge in [0.15, 0.2) is 0 Å². The summed E-state index contributed by atoms with van der Waals surface area (Å²) >= 11 is 5.97. The summed E-state index contributed by atoms with van der Waals surface area (Å²) in [6, 6.07) is 11.4. The molecule has 0 bridgehead atoms. The molecular weight excluding hydrogens is 368 g/mol. The van der Waals surface area contributed by atoms with Crippen molar-refractivity contribution in [2.45, 2.75) is 13.8 Å². The van der Waals surface area contributed by atoms with Gasteiger partial charge in [-0.2, -0.15) is 0 Å². The number of benzene rings is 2. The fourth-order valence-electron chi connectivity index (χ4n) is 2.71. The average molecular weight is 387 g/mol. The zero-order valence-corrected chi connectivity index (χ0v) is 15.7. The van der Waals surface area contributed by atoms with E-state index >= 15 is 0 Å². The summed E-state index contributed by atoms with van der Waals surface area (Å²) in [6.07, 6.45) is 1.59. The maximum absolute atomic E-state index is 12.7. The Bertz CT molecular complexity index is 911. The third-order valence-electron chi connectivity index (χ3n) is 3.84. The lowest BCUT2D eigenvalue weighted by atomic mass is 10.1. The molecule has 1 fully saturated rings. The second kappa shape index (κ2) is 8.14. The molecular formula is C20H19ClN2O4. The second-order valence-corrected chi connectivity index (χ2v) is 6.11. The molecule has 0 unspecified atom stereocenters. The second-order valence-electron chi connectivity index (χ2n) is 5.67. The largest absolute Gasteiger partial charge is 0.494 e. The Kier molecular flexibility index (Phi) is 5.66. The highest BCUT2D eigenvalue weighted by atomic mass is 35.5. The van der Waals surface area contributed by atoms with Crippen LogP contribution < -0.4 is 19.7 Å². The molecule has 1 heterocycles. The van der Waals surface area contributed by atoms with Gasteiger partial charge in [0.05, 0.1) is 18.9 Å². The Morgan fingerprint density at radius 1 is 1.07 bits per heavy atom. The van der Waals surface area contributed by atoms with Gasteiger partial charge in [-0.3, -0.25) is 4.79 Å². The SMILES string of the molecule is CCOc1ccc(/C=C2\NC(=O)N(c3cccc(Cl)c3)C2=O)c(OCC)c1. The number of ether oxygens (including phenoxy) is 2. The van der Waals surface area contributed by atoms with Gasteiger partial charge < -0.3 is 14.8 Å². The van der Waals surface area contributed by atoms with Crippen molar-refractivity contribution >= 4 is 35.3 Å². The van der Waals surface area contributed by atoms with E-state index in [0.29, 0.717) is 41.0 Å². The summed E-state index contributed by atoms with van der Waals surface area (Å²) in [6.45, 7) is 4.76. The fraction of sp³-hybridized carbons (Fsp3) is 0.200. The van der Waals surface area contributed by atoms with Crippen LogP contribution >= 0.6 is 11.6 Å². The summed E-state index contributed by atoms with van der Waals surface area (Å²) < 4.78 is 11.1. The van der Waals surface area contributed by atoms with Crippen molar-refractivity contribution in [1.29, 1.82) is 0 Å². The molecule has 0 aliphatic carbocycles. The number of hydrogen-bond acceptors (Lipinski definition) is 4. The van der Waals surface area contributed by atoms with Gasteiger partial charge in [-0.15, -0.1) is 0 Å². The normalized spacial score (nSPS) is 15.2. The third kappa shape index (κ3) is 4.06. The van der Waals surface area contributed by atoms with Crippen LogP contribution in [0.5, 0.6) is 11.5 Å². The van der Waals surface area contributed by atoms with E-state index in [1.807, 2.05) is 13.8 Å². The van der Waals surface area contributed by atoms with Crippen molar-refractivity contribution in [3.63, 3.8) is 0 Å². The number of halogens is 1. The van der Waals surface area contributed by atoms with Gasteiger partial charge in [0.1, 0.15) is 17.2 Å². The molecule has 2 aromatic rings. The molecule has 6 nitrogen and oxygen atoms in total. The summed E-state index contributed by atoms with van der Waals surface area (Å²) in [5, 5.41) is 3.04. The highest BCUT2D eigenvalue weighted by Gasteiger charge is 2.35. The van der Waals surface area contributed by atoms with Gasteiger partial charge in [0.25, 0.3) is 5.91 Å². The van der Waals surface area contributed by atoms with E-state index in [1.165, 1.54) is 0 Å². The zero-order valence-electron chi connectivity index (χ0n) is 15.0. The molecule has 0 saturated carbocycles. The minimum Gasteiger partial charge on any atom is -0.494 e. The molecule has 0 radical (unpaired) electrons. The summed E-state index contributed by atoms with van der Waals surface area (Å²) in [5.41, 5.74) is 1.23. The Morgan fingerprint density at radius 3 is 2.56 bits per heavy atom. The number of nitrogens with one attached hydrogen (secondary N) is 1. The van der Waals surface area contributed by atoms with Crippen LogP contribution in [0, 0.1) is 0 Å². The minimum atomic E-state index is -0.530. The standard InChI is InChI=1S/C20H19ClN2O4/c1-3-26-16-9-8-13(18(12-16)27-4-2)10-17-19(24)23(20(25)22-17)15-7-5-6-14(21)11-15/h5-12H,3-4H2,1-2H3,(H,22,25)/b17-10-. The number of urea groups is 1. The molecule has 1 saturated heterocycles. The lowest BCUT2D eigenvalue weighted by molar-refractivity contribution is -0.113. The number of carbonyl (C=O) groups is 2. The predicted molar refractivity (Wildman–Crippen MR) is 104 cm³/mol. The molecule has 140 valence electrons. The number of hydrogen-bond donors (Lipinski definition) is 1. The van der Waals surface area contributed by atoms with Crippen LogP contribution in [0.3, 0.4) is 0 Å². The minimum absolute atomic E-state index is 0.157. The lowest BCUT2D eigenvalue weighted by Crippen LogP contribution is -2.30. The van der Waals surface area contributed by atoms with Gasteiger partial charge >= 0.3 is 6.03 Å². The van der Waals surface area contributed by atoms with E-state index in [2.05, 4.69) is 5.32 Å². The highest BCUT2D eigenvalue weighted by molar-refractivity contribution is 6.32. The number of rotatable bonds is 6. The molecule has 2 aromatic carbocycles. The Balaban J connectivity index is 1.93. The van der Waals surface area contributed by atoms with Gasteiger partial charge in [-0.1, -0.05) is 17.7 Å².